The van der Waals surface area contributed by atoms with E-state index in [0.29, 0.717) is 19.3 Å². The van der Waals surface area contributed by atoms with Crippen LogP contribution < -0.4 is 0 Å². The van der Waals surface area contributed by atoms with Crippen LogP contribution >= 0.6 is 0 Å². The van der Waals surface area contributed by atoms with Gasteiger partial charge >= 0.3 is 17.9 Å². The molecule has 0 aromatic rings. The lowest BCUT2D eigenvalue weighted by Gasteiger charge is -2.18. The molecule has 0 amide bonds. The summed E-state index contributed by atoms with van der Waals surface area (Å²) in [5.74, 6) is -0.880. The van der Waals surface area contributed by atoms with E-state index in [1.54, 1.807) is 0 Å². The molecule has 0 heterocycles. The molecule has 0 aliphatic carbocycles. The number of allylic oxidation sites excluding steroid dienone is 8. The molecule has 0 N–H and O–H groups in total. The van der Waals surface area contributed by atoms with Gasteiger partial charge in [0.1, 0.15) is 13.2 Å². The maximum Gasteiger partial charge on any atom is 0.306 e. The number of esters is 3. The molecule has 0 spiro atoms. The Kier molecular flexibility index (Phi) is 54.8. The minimum absolute atomic E-state index is 0.0758. The Morgan fingerprint density at radius 1 is 0.294 bits per heavy atom. The van der Waals surface area contributed by atoms with Crippen molar-refractivity contribution in [2.24, 2.45) is 0 Å². The number of hydrogen-bond donors (Lipinski definition) is 0. The number of ether oxygens (including phenoxy) is 3. The van der Waals surface area contributed by atoms with Crippen LogP contribution in [0.4, 0.5) is 0 Å². The van der Waals surface area contributed by atoms with E-state index in [1.165, 1.54) is 180 Å². The first-order valence-corrected chi connectivity index (χ1v) is 29.6. The molecule has 0 aromatic carbocycles. The predicted molar refractivity (Wildman–Crippen MR) is 293 cm³/mol. The summed E-state index contributed by atoms with van der Waals surface area (Å²) in [7, 11) is 0. The molecule has 396 valence electrons. The third-order valence-electron chi connectivity index (χ3n) is 13.1. The van der Waals surface area contributed by atoms with Gasteiger partial charge in [-0.1, -0.05) is 262 Å². The van der Waals surface area contributed by atoms with E-state index < -0.39 is 6.10 Å². The molecule has 6 nitrogen and oxygen atoms in total. The van der Waals surface area contributed by atoms with E-state index in [-0.39, 0.29) is 31.1 Å². The van der Waals surface area contributed by atoms with Gasteiger partial charge in [0.05, 0.1) is 0 Å². The summed E-state index contributed by atoms with van der Waals surface area (Å²) >= 11 is 0. The number of hydrogen-bond acceptors (Lipinski definition) is 6. The molecule has 68 heavy (non-hydrogen) atoms. The van der Waals surface area contributed by atoms with Crippen LogP contribution in [0.25, 0.3) is 0 Å². The normalized spacial score (nSPS) is 12.3. The molecule has 0 aromatic heterocycles. The lowest BCUT2D eigenvalue weighted by atomic mass is 10.0. The molecule has 0 fully saturated rings. The van der Waals surface area contributed by atoms with Crippen LogP contribution in [0.3, 0.4) is 0 Å². The smallest absolute Gasteiger partial charge is 0.306 e. The van der Waals surface area contributed by atoms with Crippen molar-refractivity contribution in [3.05, 3.63) is 48.6 Å². The molecule has 6 heteroatoms. The maximum absolute atomic E-state index is 12.8. The Hall–Kier alpha value is -2.63. The molecule has 0 aliphatic rings. The summed E-state index contributed by atoms with van der Waals surface area (Å²) in [6.07, 6.45) is 69.8. The zero-order valence-corrected chi connectivity index (χ0v) is 45.4. The Balaban J connectivity index is 4.14. The summed E-state index contributed by atoms with van der Waals surface area (Å²) in [6.45, 7) is 6.59. The number of unbranched alkanes of at least 4 members (excludes halogenated alkanes) is 35. The van der Waals surface area contributed by atoms with Crippen LogP contribution in [0.2, 0.25) is 0 Å². The third kappa shape index (κ3) is 54.3. The number of carbonyl (C=O) groups is 3. The zero-order chi connectivity index (χ0) is 49.3. The summed E-state index contributed by atoms with van der Waals surface area (Å²) in [4.78, 5) is 38.0. The molecule has 0 aliphatic heterocycles. The van der Waals surface area contributed by atoms with E-state index in [9.17, 15) is 14.4 Å². The first-order valence-electron chi connectivity index (χ1n) is 29.6. The predicted octanol–water partition coefficient (Wildman–Crippen LogP) is 19.8. The summed E-state index contributed by atoms with van der Waals surface area (Å²) in [6, 6.07) is 0. The fraction of sp³-hybridized carbons (Fsp3) is 0.823. The van der Waals surface area contributed by atoms with Gasteiger partial charge in [-0.25, -0.2) is 0 Å². The van der Waals surface area contributed by atoms with Crippen molar-refractivity contribution >= 4 is 17.9 Å². The Morgan fingerprint density at radius 3 is 0.853 bits per heavy atom. The quantitative estimate of drug-likeness (QED) is 0.0262. The Labute approximate surface area is 422 Å². The summed E-state index contributed by atoms with van der Waals surface area (Å²) in [5, 5.41) is 0. The van der Waals surface area contributed by atoms with E-state index in [1.807, 2.05) is 0 Å². The van der Waals surface area contributed by atoms with Crippen LogP contribution in [0.15, 0.2) is 48.6 Å². The van der Waals surface area contributed by atoms with Gasteiger partial charge in [0.25, 0.3) is 0 Å². The van der Waals surface area contributed by atoms with E-state index in [4.69, 9.17) is 14.2 Å². The fourth-order valence-electron chi connectivity index (χ4n) is 8.55. The highest BCUT2D eigenvalue weighted by molar-refractivity contribution is 5.71. The van der Waals surface area contributed by atoms with Gasteiger partial charge in [-0.05, 0) is 77.0 Å². The maximum atomic E-state index is 12.8. The third-order valence-corrected chi connectivity index (χ3v) is 13.1. The second-order valence-electron chi connectivity index (χ2n) is 19.9. The molecule has 1 unspecified atom stereocenters. The summed E-state index contributed by atoms with van der Waals surface area (Å²) in [5.41, 5.74) is 0. The SMILES string of the molecule is CCCC/C=C\C/C=C\CCCCCCCC(=O)OC(COC(=O)CCCCCCCCCCC)COC(=O)CCCCCCCCCCCCCCCCC/C=C\C/C=C\CCCCCCC. The first-order chi connectivity index (χ1) is 33.5. The minimum Gasteiger partial charge on any atom is -0.462 e. The van der Waals surface area contributed by atoms with E-state index >= 15 is 0 Å². The lowest BCUT2D eigenvalue weighted by molar-refractivity contribution is -0.167. The van der Waals surface area contributed by atoms with Gasteiger partial charge in [0, 0.05) is 19.3 Å². The standard InChI is InChI=1S/C62H112O6/c1-4-7-10-13-16-19-21-23-25-26-27-28-29-30-31-32-33-34-35-36-37-39-40-43-46-49-52-55-61(64)67-58-59(57-66-60(63)54-51-48-45-42-18-15-12-9-6-3)68-62(65)56-53-50-47-44-41-38-24-22-20-17-14-11-8-5-2/h14,17,21-24,26-27,59H,4-13,15-16,18-20,25,28-58H2,1-3H3/b17-14-,23-21-,24-22-,27-26-. The Morgan fingerprint density at radius 2 is 0.544 bits per heavy atom. The Bertz CT molecular complexity index is 1190. The molecular formula is C62H112O6. The molecule has 0 saturated carbocycles. The van der Waals surface area contributed by atoms with Crippen LogP contribution in [0.5, 0.6) is 0 Å². The molecule has 1 atom stereocenters. The van der Waals surface area contributed by atoms with Crippen molar-refractivity contribution in [2.75, 3.05) is 13.2 Å². The molecular weight excluding hydrogens is 841 g/mol. The largest absolute Gasteiger partial charge is 0.462 e. The summed E-state index contributed by atoms with van der Waals surface area (Å²) < 4.78 is 16.8. The highest BCUT2D eigenvalue weighted by Gasteiger charge is 2.19. The van der Waals surface area contributed by atoms with Crippen molar-refractivity contribution in [1.29, 1.82) is 0 Å². The van der Waals surface area contributed by atoms with E-state index in [0.717, 1.165) is 89.9 Å². The van der Waals surface area contributed by atoms with Crippen molar-refractivity contribution < 1.29 is 28.6 Å². The number of carbonyl (C=O) groups excluding carboxylic acids is 3. The highest BCUT2D eigenvalue weighted by atomic mass is 16.6. The second kappa shape index (κ2) is 57.0. The molecule has 0 radical (unpaired) electrons. The fourth-order valence-corrected chi connectivity index (χ4v) is 8.55. The van der Waals surface area contributed by atoms with Crippen LogP contribution in [-0.2, 0) is 28.6 Å². The zero-order valence-electron chi connectivity index (χ0n) is 45.4. The average Bonchev–Trinajstić information content (AvgIpc) is 3.34. The van der Waals surface area contributed by atoms with Gasteiger partial charge in [0.2, 0.25) is 0 Å². The molecule has 0 saturated heterocycles. The van der Waals surface area contributed by atoms with Gasteiger partial charge in [-0.3, -0.25) is 14.4 Å². The monoisotopic (exact) mass is 953 g/mol. The van der Waals surface area contributed by atoms with Crippen molar-refractivity contribution in [3.8, 4) is 0 Å². The second-order valence-corrected chi connectivity index (χ2v) is 19.9. The molecule has 0 rings (SSSR count). The highest BCUT2D eigenvalue weighted by Crippen LogP contribution is 2.16. The van der Waals surface area contributed by atoms with Crippen molar-refractivity contribution in [1.82, 2.24) is 0 Å². The van der Waals surface area contributed by atoms with Crippen LogP contribution in [-0.4, -0.2) is 37.2 Å². The molecule has 0 bridgehead atoms. The van der Waals surface area contributed by atoms with Crippen molar-refractivity contribution in [2.45, 2.75) is 316 Å². The van der Waals surface area contributed by atoms with Crippen molar-refractivity contribution in [3.63, 3.8) is 0 Å². The van der Waals surface area contributed by atoms with Gasteiger partial charge < -0.3 is 14.2 Å². The van der Waals surface area contributed by atoms with Gasteiger partial charge in [-0.2, -0.15) is 0 Å². The van der Waals surface area contributed by atoms with Crippen LogP contribution in [0, 0.1) is 0 Å². The van der Waals surface area contributed by atoms with E-state index in [2.05, 4.69) is 69.4 Å². The topological polar surface area (TPSA) is 78.9 Å². The first kappa shape index (κ1) is 65.4. The minimum atomic E-state index is -0.776. The average molecular weight is 954 g/mol. The lowest BCUT2D eigenvalue weighted by Crippen LogP contribution is -2.30. The van der Waals surface area contributed by atoms with Gasteiger partial charge in [0.15, 0.2) is 6.10 Å². The number of rotatable bonds is 54. The van der Waals surface area contributed by atoms with Gasteiger partial charge in [-0.15, -0.1) is 0 Å². The van der Waals surface area contributed by atoms with Crippen LogP contribution in [0.1, 0.15) is 310 Å².